The first-order valence-corrected chi connectivity index (χ1v) is 10.6. The quantitative estimate of drug-likeness (QED) is 0.346. The standard InChI is InChI=1S/C17H12Br4F2O/c18-16(19)13(9-1-5-11(22)6-2-9)15(24)14(17(20)21)10-3-7-12(23)8-4-10/h1-8,13-14,16-17H. The number of rotatable bonds is 6. The van der Waals surface area contributed by atoms with Gasteiger partial charge in [0.25, 0.3) is 0 Å². The van der Waals surface area contributed by atoms with Crippen molar-refractivity contribution in [3.8, 4) is 0 Å². The molecule has 2 aromatic rings. The number of carbonyl (C=O) groups is 1. The number of hydrogen-bond acceptors (Lipinski definition) is 1. The lowest BCUT2D eigenvalue weighted by atomic mass is 9.85. The van der Waals surface area contributed by atoms with Crippen LogP contribution in [0.25, 0.3) is 0 Å². The first-order valence-electron chi connectivity index (χ1n) is 6.92. The molecule has 0 fully saturated rings. The fourth-order valence-corrected chi connectivity index (χ4v) is 4.66. The first-order chi connectivity index (χ1) is 11.3. The second-order valence-corrected chi connectivity index (χ2v) is 11.5. The second kappa shape index (κ2) is 9.01. The molecule has 2 unspecified atom stereocenters. The molecule has 0 saturated heterocycles. The summed E-state index contributed by atoms with van der Waals surface area (Å²) in [6.07, 6.45) is 0. The summed E-state index contributed by atoms with van der Waals surface area (Å²) in [5, 5.41) is 0. The predicted molar refractivity (Wildman–Crippen MR) is 107 cm³/mol. The maximum Gasteiger partial charge on any atom is 0.151 e. The average Bonchev–Trinajstić information content (AvgIpc) is 2.51. The Hall–Kier alpha value is -0.110. The van der Waals surface area contributed by atoms with Crippen molar-refractivity contribution in [2.24, 2.45) is 0 Å². The van der Waals surface area contributed by atoms with Gasteiger partial charge in [-0.15, -0.1) is 0 Å². The Bertz CT molecular complexity index is 627. The summed E-state index contributed by atoms with van der Waals surface area (Å²) < 4.78 is 25.7. The minimum Gasteiger partial charge on any atom is -0.298 e. The number of halogens is 6. The van der Waals surface area contributed by atoms with E-state index in [0.29, 0.717) is 11.1 Å². The van der Waals surface area contributed by atoms with Crippen LogP contribution in [0.3, 0.4) is 0 Å². The van der Waals surface area contributed by atoms with Gasteiger partial charge in [-0.25, -0.2) is 8.78 Å². The van der Waals surface area contributed by atoms with Gasteiger partial charge in [-0.2, -0.15) is 0 Å². The fourth-order valence-electron chi connectivity index (χ4n) is 2.40. The third-order valence-corrected chi connectivity index (χ3v) is 5.69. The highest BCUT2D eigenvalue weighted by Gasteiger charge is 2.36. The molecule has 0 radical (unpaired) electrons. The van der Waals surface area contributed by atoms with E-state index >= 15 is 0 Å². The van der Waals surface area contributed by atoms with Gasteiger partial charge in [-0.05, 0) is 35.4 Å². The maximum atomic E-state index is 13.2. The van der Waals surface area contributed by atoms with Crippen LogP contribution in [-0.2, 0) is 4.79 Å². The number of hydrogen-bond donors (Lipinski definition) is 0. The van der Waals surface area contributed by atoms with E-state index in [4.69, 9.17) is 0 Å². The maximum absolute atomic E-state index is 13.2. The SMILES string of the molecule is O=C(C(c1ccc(F)cc1)C(Br)Br)C(c1ccc(F)cc1)C(Br)Br. The van der Waals surface area contributed by atoms with Crippen LogP contribution in [0.1, 0.15) is 23.0 Å². The lowest BCUT2D eigenvalue weighted by molar-refractivity contribution is -0.121. The van der Waals surface area contributed by atoms with Crippen LogP contribution < -0.4 is 0 Å². The fraction of sp³-hybridized carbons (Fsp3) is 0.235. The molecule has 0 N–H and O–H groups in total. The molecule has 0 saturated carbocycles. The Morgan fingerprint density at radius 3 is 1.21 bits per heavy atom. The van der Waals surface area contributed by atoms with Gasteiger partial charge in [0, 0.05) is 0 Å². The molecule has 0 amide bonds. The van der Waals surface area contributed by atoms with Crippen molar-refractivity contribution in [3.63, 3.8) is 0 Å². The number of Topliss-reactive ketones (excluding diaryl/α,β-unsaturated/α-hetero) is 1. The molecule has 0 heterocycles. The van der Waals surface area contributed by atoms with Crippen LogP contribution in [0.4, 0.5) is 8.78 Å². The molecular formula is C17H12Br4F2O. The second-order valence-electron chi connectivity index (χ2n) is 5.13. The smallest absolute Gasteiger partial charge is 0.151 e. The third kappa shape index (κ3) is 4.96. The monoisotopic (exact) mass is 586 g/mol. The van der Waals surface area contributed by atoms with Crippen molar-refractivity contribution in [1.29, 1.82) is 0 Å². The summed E-state index contributed by atoms with van der Waals surface area (Å²) in [7, 11) is 0. The summed E-state index contributed by atoms with van der Waals surface area (Å²) in [5.74, 6) is -1.90. The zero-order chi connectivity index (χ0) is 17.9. The summed E-state index contributed by atoms with van der Waals surface area (Å²) >= 11 is 13.6. The summed E-state index contributed by atoms with van der Waals surface area (Å²) in [6, 6.07) is 11.7. The normalized spacial score (nSPS) is 14.0. The van der Waals surface area contributed by atoms with Crippen molar-refractivity contribution in [2.45, 2.75) is 19.3 Å². The molecule has 2 aromatic carbocycles. The summed E-state index contributed by atoms with van der Waals surface area (Å²) in [5.41, 5.74) is 1.38. The Labute approximate surface area is 172 Å². The summed E-state index contributed by atoms with van der Waals surface area (Å²) in [4.78, 5) is 13.2. The van der Waals surface area contributed by atoms with Crippen molar-refractivity contribution in [2.75, 3.05) is 0 Å². The van der Waals surface area contributed by atoms with E-state index in [1.165, 1.54) is 24.3 Å². The van der Waals surface area contributed by atoms with Gasteiger partial charge in [0.2, 0.25) is 0 Å². The van der Waals surface area contributed by atoms with Crippen LogP contribution in [-0.4, -0.2) is 13.3 Å². The molecule has 24 heavy (non-hydrogen) atoms. The van der Waals surface area contributed by atoms with E-state index in [1.54, 1.807) is 24.3 Å². The Morgan fingerprint density at radius 2 is 0.958 bits per heavy atom. The minimum atomic E-state index is -0.543. The van der Waals surface area contributed by atoms with E-state index < -0.39 is 11.8 Å². The number of alkyl halides is 4. The minimum absolute atomic E-state index is 0.0919. The van der Waals surface area contributed by atoms with Crippen molar-refractivity contribution in [3.05, 3.63) is 71.3 Å². The van der Waals surface area contributed by atoms with Gasteiger partial charge in [0.15, 0.2) is 5.78 Å². The highest BCUT2D eigenvalue weighted by atomic mass is 79.9. The Morgan fingerprint density at radius 1 is 0.667 bits per heavy atom. The van der Waals surface area contributed by atoms with E-state index in [9.17, 15) is 13.6 Å². The molecule has 0 aliphatic carbocycles. The highest BCUT2D eigenvalue weighted by molar-refractivity contribution is 9.25. The number of ketones is 1. The molecule has 1 nitrogen and oxygen atoms in total. The van der Waals surface area contributed by atoms with Crippen LogP contribution in [0.5, 0.6) is 0 Å². The van der Waals surface area contributed by atoms with Gasteiger partial charge in [0.1, 0.15) is 11.6 Å². The van der Waals surface area contributed by atoms with Gasteiger partial charge in [-0.1, -0.05) is 88.0 Å². The number of carbonyl (C=O) groups excluding carboxylic acids is 1. The lowest BCUT2D eigenvalue weighted by Crippen LogP contribution is -2.28. The van der Waals surface area contributed by atoms with Crippen LogP contribution in [0, 0.1) is 11.6 Å². The van der Waals surface area contributed by atoms with Crippen molar-refractivity contribution >= 4 is 69.5 Å². The molecule has 0 bridgehead atoms. The molecular weight excluding hydrogens is 578 g/mol. The topological polar surface area (TPSA) is 17.1 Å². The van der Waals surface area contributed by atoms with E-state index in [0.717, 1.165) is 0 Å². The molecule has 7 heteroatoms. The zero-order valence-corrected chi connectivity index (χ0v) is 18.4. The molecule has 0 aromatic heterocycles. The molecule has 2 rings (SSSR count). The van der Waals surface area contributed by atoms with Gasteiger partial charge in [-0.3, -0.25) is 4.79 Å². The Balaban J connectivity index is 2.41. The predicted octanol–water partition coefficient (Wildman–Crippen LogP) is 6.63. The molecule has 0 spiro atoms. The van der Waals surface area contributed by atoms with Crippen LogP contribution >= 0.6 is 63.7 Å². The summed E-state index contributed by atoms with van der Waals surface area (Å²) in [6.45, 7) is 0. The van der Waals surface area contributed by atoms with Crippen molar-refractivity contribution in [1.82, 2.24) is 0 Å². The average molecular weight is 590 g/mol. The van der Waals surface area contributed by atoms with Gasteiger partial charge in [0.05, 0.1) is 19.3 Å². The van der Waals surface area contributed by atoms with Gasteiger partial charge >= 0.3 is 0 Å². The third-order valence-electron chi connectivity index (χ3n) is 3.58. The Kier molecular flexibility index (Phi) is 7.59. The highest BCUT2D eigenvalue weighted by Crippen LogP contribution is 2.39. The van der Waals surface area contributed by atoms with Gasteiger partial charge < -0.3 is 0 Å². The molecule has 128 valence electrons. The zero-order valence-electron chi connectivity index (χ0n) is 12.1. The lowest BCUT2D eigenvalue weighted by Gasteiger charge is -2.25. The first kappa shape index (κ1) is 20.2. The molecule has 0 aliphatic rings. The molecule has 2 atom stereocenters. The van der Waals surface area contributed by atoms with E-state index in [1.807, 2.05) is 0 Å². The van der Waals surface area contributed by atoms with Crippen molar-refractivity contribution < 1.29 is 13.6 Å². The van der Waals surface area contributed by atoms with E-state index in [2.05, 4.69) is 63.7 Å². The molecule has 0 aliphatic heterocycles. The largest absolute Gasteiger partial charge is 0.298 e. The number of benzene rings is 2. The van der Waals surface area contributed by atoms with Crippen LogP contribution in [0.2, 0.25) is 0 Å². The van der Waals surface area contributed by atoms with Crippen LogP contribution in [0.15, 0.2) is 48.5 Å². The van der Waals surface area contributed by atoms with E-state index in [-0.39, 0.29) is 24.9 Å².